The first kappa shape index (κ1) is 31.0. The number of aryl methyl sites for hydroxylation is 1. The summed E-state index contributed by atoms with van der Waals surface area (Å²) in [6.45, 7) is 8.90. The quantitative estimate of drug-likeness (QED) is 0.203. The Morgan fingerprint density at radius 2 is 1.71 bits per heavy atom. The summed E-state index contributed by atoms with van der Waals surface area (Å²) >= 11 is 7.80. The minimum absolute atomic E-state index is 0.0621. The number of aliphatic hydroxyl groups is 1. The average molecular weight is 643 g/mol. The van der Waals surface area contributed by atoms with Gasteiger partial charge in [-0.2, -0.15) is 0 Å². The van der Waals surface area contributed by atoms with E-state index in [2.05, 4.69) is 31.8 Å². The van der Waals surface area contributed by atoms with Crippen molar-refractivity contribution in [2.24, 2.45) is 0 Å². The van der Waals surface area contributed by atoms with Gasteiger partial charge in [0.1, 0.15) is 11.6 Å². The Labute approximate surface area is 271 Å². The molecule has 0 saturated carbocycles. The van der Waals surface area contributed by atoms with Crippen LogP contribution in [0.4, 0.5) is 5.95 Å². The predicted octanol–water partition coefficient (Wildman–Crippen LogP) is 6.05. The monoisotopic (exact) mass is 642 g/mol. The Morgan fingerprint density at radius 1 is 1.00 bits per heavy atom. The normalized spacial score (nSPS) is 14.2. The number of aromatic nitrogens is 4. The molecule has 0 aliphatic carbocycles. The highest BCUT2D eigenvalue weighted by Gasteiger charge is 2.22. The summed E-state index contributed by atoms with van der Waals surface area (Å²) < 4.78 is 6.38. The van der Waals surface area contributed by atoms with E-state index in [9.17, 15) is 9.90 Å². The van der Waals surface area contributed by atoms with E-state index in [0.717, 1.165) is 86.4 Å². The first-order valence-corrected chi connectivity index (χ1v) is 16.0. The number of piperazine rings is 1. The average Bonchev–Trinajstić information content (AvgIpc) is 3.45. The number of nitrogens with zero attached hydrogens (tertiary/aromatic N) is 6. The van der Waals surface area contributed by atoms with Gasteiger partial charge in [-0.25, -0.2) is 15.0 Å². The SMILES string of the molecule is Cc1cc2nc(-c3ccnc(-c4cnc(N5CCN(C)CC5)nc4)c3)sc2c(-c2ccc(Cl)cc2)c1CC(=O)OCC(C)(C)O. The van der Waals surface area contributed by atoms with Crippen LogP contribution < -0.4 is 4.90 Å². The molecule has 3 aromatic heterocycles. The number of halogens is 1. The van der Waals surface area contributed by atoms with Gasteiger partial charge in [0.2, 0.25) is 5.95 Å². The second-order valence-electron chi connectivity index (χ2n) is 12.1. The molecule has 1 saturated heterocycles. The maximum absolute atomic E-state index is 12.9. The lowest BCUT2D eigenvalue weighted by Gasteiger charge is -2.32. The van der Waals surface area contributed by atoms with Gasteiger partial charge in [-0.15, -0.1) is 11.3 Å². The number of anilines is 1. The van der Waals surface area contributed by atoms with Gasteiger partial charge in [-0.1, -0.05) is 23.7 Å². The predicted molar refractivity (Wildman–Crippen MR) is 180 cm³/mol. The first-order valence-electron chi connectivity index (χ1n) is 14.8. The van der Waals surface area contributed by atoms with Gasteiger partial charge in [0.25, 0.3) is 0 Å². The number of carbonyl (C=O) groups excluding carboxylic acids is 1. The molecule has 11 heteroatoms. The largest absolute Gasteiger partial charge is 0.462 e. The Bertz CT molecular complexity index is 1830. The maximum Gasteiger partial charge on any atom is 0.310 e. The summed E-state index contributed by atoms with van der Waals surface area (Å²) in [7, 11) is 2.13. The molecule has 0 bridgehead atoms. The van der Waals surface area contributed by atoms with Crippen molar-refractivity contribution in [1.82, 2.24) is 24.8 Å². The van der Waals surface area contributed by atoms with Crippen molar-refractivity contribution in [1.29, 1.82) is 0 Å². The Kier molecular flexibility index (Phi) is 8.83. The highest BCUT2D eigenvalue weighted by Crippen LogP contribution is 2.41. The molecule has 0 atom stereocenters. The summed E-state index contributed by atoms with van der Waals surface area (Å²) in [5.41, 5.74) is 5.89. The standard InChI is InChI=1S/C34H35ClN6O3S/c1-21-15-28-31(30(22-5-7-25(35)8-6-22)26(21)17-29(42)44-20-34(2,3)43)45-32(39-28)23-9-10-36-27(16-23)24-18-37-33(38-19-24)41-13-11-40(4)12-14-41/h5-10,15-16,18-19,43H,11-14,17,20H2,1-4H3. The number of thiazole rings is 1. The van der Waals surface area contributed by atoms with Crippen LogP contribution in [-0.4, -0.2) is 81.3 Å². The molecule has 5 aromatic rings. The Hall–Kier alpha value is -3.96. The second-order valence-corrected chi connectivity index (χ2v) is 13.5. The van der Waals surface area contributed by atoms with E-state index >= 15 is 0 Å². The highest BCUT2D eigenvalue weighted by atomic mass is 35.5. The smallest absolute Gasteiger partial charge is 0.310 e. The van der Waals surface area contributed by atoms with E-state index < -0.39 is 11.6 Å². The number of ether oxygens (including phenoxy) is 1. The van der Waals surface area contributed by atoms with Gasteiger partial charge in [0, 0.05) is 66.5 Å². The fourth-order valence-corrected chi connectivity index (χ4v) is 6.57. The third-order valence-corrected chi connectivity index (χ3v) is 9.17. The first-order chi connectivity index (χ1) is 21.5. The van der Waals surface area contributed by atoms with E-state index in [-0.39, 0.29) is 13.0 Å². The summed E-state index contributed by atoms with van der Waals surface area (Å²) in [5, 5.41) is 11.5. The fraction of sp³-hybridized carbons (Fsp3) is 0.324. The van der Waals surface area contributed by atoms with Crippen LogP contribution in [0.5, 0.6) is 0 Å². The van der Waals surface area contributed by atoms with Crippen molar-refractivity contribution >= 4 is 45.1 Å². The number of hydrogen-bond acceptors (Lipinski definition) is 10. The summed E-state index contributed by atoms with van der Waals surface area (Å²) in [6, 6.07) is 13.6. The zero-order valence-electron chi connectivity index (χ0n) is 25.7. The molecule has 0 spiro atoms. The fourth-order valence-electron chi connectivity index (χ4n) is 5.31. The van der Waals surface area contributed by atoms with Crippen molar-refractivity contribution < 1.29 is 14.6 Å². The van der Waals surface area contributed by atoms with Crippen LogP contribution in [0.1, 0.15) is 25.0 Å². The molecular formula is C34H35ClN6O3S. The van der Waals surface area contributed by atoms with Crippen molar-refractivity contribution in [3.05, 3.63) is 77.2 Å². The van der Waals surface area contributed by atoms with Crippen LogP contribution in [0, 0.1) is 6.92 Å². The van der Waals surface area contributed by atoms with Gasteiger partial charge in [0.05, 0.1) is 27.9 Å². The molecule has 2 aromatic carbocycles. The van der Waals surface area contributed by atoms with Crippen molar-refractivity contribution in [3.8, 4) is 33.0 Å². The van der Waals surface area contributed by atoms with E-state index in [1.807, 2.05) is 61.8 Å². The number of benzene rings is 2. The summed E-state index contributed by atoms with van der Waals surface area (Å²) in [5.74, 6) is 0.332. The van der Waals surface area contributed by atoms with Gasteiger partial charge < -0.3 is 19.6 Å². The summed E-state index contributed by atoms with van der Waals surface area (Å²) in [6.07, 6.45) is 5.50. The van der Waals surface area contributed by atoms with Crippen molar-refractivity contribution in [2.75, 3.05) is 44.7 Å². The number of esters is 1. The van der Waals surface area contributed by atoms with E-state index in [1.54, 1.807) is 31.4 Å². The van der Waals surface area contributed by atoms with Crippen LogP contribution in [0.3, 0.4) is 0 Å². The molecule has 0 radical (unpaired) electrons. The molecule has 0 unspecified atom stereocenters. The zero-order valence-corrected chi connectivity index (χ0v) is 27.3. The minimum atomic E-state index is -1.11. The molecule has 9 nitrogen and oxygen atoms in total. The second kappa shape index (κ2) is 12.8. The van der Waals surface area contributed by atoms with Gasteiger partial charge in [-0.3, -0.25) is 9.78 Å². The van der Waals surface area contributed by atoms with Crippen LogP contribution in [0.25, 0.3) is 43.2 Å². The van der Waals surface area contributed by atoms with Crippen LogP contribution in [0.15, 0.2) is 61.1 Å². The van der Waals surface area contributed by atoms with Gasteiger partial charge in [0.15, 0.2) is 0 Å². The lowest BCUT2D eigenvalue weighted by Crippen LogP contribution is -2.45. The number of fused-ring (bicyclic) bond motifs is 1. The van der Waals surface area contributed by atoms with Crippen LogP contribution >= 0.6 is 22.9 Å². The highest BCUT2D eigenvalue weighted by molar-refractivity contribution is 7.22. The zero-order chi connectivity index (χ0) is 31.7. The minimum Gasteiger partial charge on any atom is -0.462 e. The number of pyridine rings is 1. The number of likely N-dealkylation sites (N-methyl/N-ethyl adjacent to an activating group) is 1. The van der Waals surface area contributed by atoms with E-state index in [0.29, 0.717) is 5.02 Å². The number of carbonyl (C=O) groups is 1. The van der Waals surface area contributed by atoms with Gasteiger partial charge in [-0.05, 0) is 74.8 Å². The molecule has 1 aliphatic heterocycles. The molecule has 1 N–H and O–H groups in total. The summed E-state index contributed by atoms with van der Waals surface area (Å²) in [4.78, 5) is 36.3. The van der Waals surface area contributed by atoms with Crippen molar-refractivity contribution in [2.45, 2.75) is 32.8 Å². The molecule has 232 valence electrons. The van der Waals surface area contributed by atoms with E-state index in [4.69, 9.17) is 21.3 Å². The maximum atomic E-state index is 12.9. The molecule has 4 heterocycles. The lowest BCUT2D eigenvalue weighted by molar-refractivity contribution is -0.149. The number of hydrogen-bond donors (Lipinski definition) is 1. The van der Waals surface area contributed by atoms with Gasteiger partial charge >= 0.3 is 5.97 Å². The Morgan fingerprint density at radius 3 is 2.40 bits per heavy atom. The molecule has 0 amide bonds. The van der Waals surface area contributed by atoms with Crippen LogP contribution in [-0.2, 0) is 16.0 Å². The molecule has 6 rings (SSSR count). The topological polar surface area (TPSA) is 105 Å². The third-order valence-electron chi connectivity index (χ3n) is 7.78. The third kappa shape index (κ3) is 7.15. The molecule has 1 fully saturated rings. The van der Waals surface area contributed by atoms with E-state index in [1.165, 1.54) is 0 Å². The lowest BCUT2D eigenvalue weighted by atomic mass is 9.93. The van der Waals surface area contributed by atoms with Crippen molar-refractivity contribution in [3.63, 3.8) is 0 Å². The van der Waals surface area contributed by atoms with Crippen LogP contribution in [0.2, 0.25) is 5.02 Å². The molecule has 45 heavy (non-hydrogen) atoms. The number of rotatable bonds is 8. The molecule has 1 aliphatic rings. The Balaban J connectivity index is 1.35. The molecular weight excluding hydrogens is 608 g/mol.